The molecule has 0 aliphatic rings. The Morgan fingerprint density at radius 2 is 2.11 bits per heavy atom. The van der Waals surface area contributed by atoms with Crippen LogP contribution in [0.3, 0.4) is 0 Å². The average molecular weight is 280 g/mol. The van der Waals surface area contributed by atoms with Gasteiger partial charge in [0.1, 0.15) is 0 Å². The summed E-state index contributed by atoms with van der Waals surface area (Å²) in [7, 11) is -2.02. The van der Waals surface area contributed by atoms with E-state index in [2.05, 4.69) is 4.72 Å². The Morgan fingerprint density at radius 1 is 1.50 bits per heavy atom. The number of hydrogen-bond donors (Lipinski definition) is 3. The second kappa shape index (κ2) is 8.41. The molecule has 108 valence electrons. The zero-order valence-corrected chi connectivity index (χ0v) is 12.1. The molecule has 0 amide bonds. The van der Waals surface area contributed by atoms with Crippen LogP contribution in [0.15, 0.2) is 0 Å². The minimum atomic E-state index is -3.53. The van der Waals surface area contributed by atoms with Crippen molar-refractivity contribution in [1.82, 2.24) is 9.03 Å². The third-order valence-electron chi connectivity index (χ3n) is 2.13. The van der Waals surface area contributed by atoms with Gasteiger partial charge in [0.05, 0.1) is 12.4 Å². The summed E-state index contributed by atoms with van der Waals surface area (Å²) >= 11 is 0. The van der Waals surface area contributed by atoms with Gasteiger partial charge in [0, 0.05) is 33.2 Å². The maximum atomic E-state index is 12.0. The van der Waals surface area contributed by atoms with Gasteiger partial charge in [-0.2, -0.15) is 17.4 Å². The summed E-state index contributed by atoms with van der Waals surface area (Å²) in [4.78, 5) is 0. The van der Waals surface area contributed by atoms with Crippen molar-refractivity contribution in [2.75, 3.05) is 33.4 Å². The highest BCUT2D eigenvalue weighted by Gasteiger charge is 2.22. The van der Waals surface area contributed by atoms with E-state index in [0.29, 0.717) is 13.2 Å². The number of methoxy groups -OCH3 is 1. The summed E-state index contributed by atoms with van der Waals surface area (Å²) in [6.45, 7) is 5.04. The third-order valence-corrected chi connectivity index (χ3v) is 3.71. The molecule has 0 bridgehead atoms. The quantitative estimate of drug-likeness (QED) is 0.291. The smallest absolute Gasteiger partial charge is 0.279 e. The maximum absolute atomic E-state index is 12.0. The minimum absolute atomic E-state index is 0.0177. The molecule has 0 spiro atoms. The normalized spacial score (nSPS) is 12.3. The lowest BCUT2D eigenvalue weighted by molar-refractivity contribution is 0.203. The van der Waals surface area contributed by atoms with E-state index >= 15 is 0 Å². The van der Waals surface area contributed by atoms with Crippen molar-refractivity contribution in [1.29, 1.82) is 5.41 Å². The highest BCUT2D eigenvalue weighted by atomic mass is 32.2. The molecule has 0 heterocycles. The molecule has 0 aliphatic heterocycles. The van der Waals surface area contributed by atoms with E-state index in [-0.39, 0.29) is 31.3 Å². The van der Waals surface area contributed by atoms with Crippen molar-refractivity contribution in [3.8, 4) is 0 Å². The molecular formula is C10H24N4O3S. The van der Waals surface area contributed by atoms with Gasteiger partial charge >= 0.3 is 0 Å². The molecule has 0 aliphatic carbocycles. The van der Waals surface area contributed by atoms with Crippen LogP contribution in [0, 0.1) is 11.3 Å². The van der Waals surface area contributed by atoms with Crippen molar-refractivity contribution in [2.45, 2.75) is 20.3 Å². The van der Waals surface area contributed by atoms with Crippen LogP contribution in [-0.4, -0.2) is 51.9 Å². The number of hydrogen-bond acceptors (Lipinski definition) is 4. The van der Waals surface area contributed by atoms with Crippen LogP contribution >= 0.6 is 0 Å². The van der Waals surface area contributed by atoms with Gasteiger partial charge in [-0.15, -0.1) is 0 Å². The topological polar surface area (TPSA) is 109 Å². The lowest BCUT2D eigenvalue weighted by Crippen LogP contribution is -2.44. The molecule has 18 heavy (non-hydrogen) atoms. The van der Waals surface area contributed by atoms with E-state index in [1.807, 2.05) is 13.8 Å². The van der Waals surface area contributed by atoms with Crippen molar-refractivity contribution in [3.05, 3.63) is 0 Å². The predicted molar refractivity (Wildman–Crippen MR) is 71.7 cm³/mol. The van der Waals surface area contributed by atoms with Gasteiger partial charge in [-0.25, -0.2) is 0 Å². The first-order valence-corrected chi connectivity index (χ1v) is 7.30. The van der Waals surface area contributed by atoms with Crippen LogP contribution in [0.5, 0.6) is 0 Å². The predicted octanol–water partition coefficient (Wildman–Crippen LogP) is -0.249. The van der Waals surface area contributed by atoms with Crippen molar-refractivity contribution in [2.24, 2.45) is 11.7 Å². The van der Waals surface area contributed by atoms with Gasteiger partial charge in [0.15, 0.2) is 0 Å². The minimum Gasteiger partial charge on any atom is -0.388 e. The van der Waals surface area contributed by atoms with Crippen LogP contribution in [-0.2, 0) is 14.9 Å². The third kappa shape index (κ3) is 7.59. The number of nitrogens with zero attached hydrogens (tertiary/aromatic N) is 1. The molecule has 7 nitrogen and oxygen atoms in total. The first-order valence-electron chi connectivity index (χ1n) is 5.86. The van der Waals surface area contributed by atoms with Crippen LogP contribution in [0.1, 0.15) is 20.3 Å². The molecule has 0 aromatic carbocycles. The van der Waals surface area contributed by atoms with Gasteiger partial charge in [0.25, 0.3) is 10.2 Å². The molecule has 0 fully saturated rings. The van der Waals surface area contributed by atoms with Crippen LogP contribution in [0.2, 0.25) is 0 Å². The molecular weight excluding hydrogens is 256 g/mol. The van der Waals surface area contributed by atoms with E-state index in [9.17, 15) is 8.42 Å². The first kappa shape index (κ1) is 17.3. The summed E-state index contributed by atoms with van der Waals surface area (Å²) in [6, 6.07) is 0. The Balaban J connectivity index is 4.55. The Morgan fingerprint density at radius 3 is 2.56 bits per heavy atom. The second-order valence-corrected chi connectivity index (χ2v) is 6.17. The monoisotopic (exact) mass is 280 g/mol. The van der Waals surface area contributed by atoms with Crippen LogP contribution in [0.4, 0.5) is 0 Å². The fourth-order valence-electron chi connectivity index (χ4n) is 1.33. The fourth-order valence-corrected chi connectivity index (χ4v) is 2.68. The summed E-state index contributed by atoms with van der Waals surface area (Å²) < 4.78 is 32.6. The summed E-state index contributed by atoms with van der Waals surface area (Å²) in [5.41, 5.74) is 5.26. The van der Waals surface area contributed by atoms with Gasteiger partial charge < -0.3 is 10.5 Å². The number of nitrogens with two attached hydrogens (primary N) is 1. The van der Waals surface area contributed by atoms with E-state index < -0.39 is 10.2 Å². The SMILES string of the molecule is COCCNS(=O)(=O)N(CCC(=N)N)CC(C)C. The van der Waals surface area contributed by atoms with E-state index in [1.165, 1.54) is 11.4 Å². The molecule has 0 aromatic rings. The molecule has 4 N–H and O–H groups in total. The Hall–Kier alpha value is -0.700. The zero-order valence-electron chi connectivity index (χ0n) is 11.3. The highest BCUT2D eigenvalue weighted by Crippen LogP contribution is 2.05. The zero-order chi connectivity index (χ0) is 14.2. The van der Waals surface area contributed by atoms with E-state index in [1.54, 1.807) is 0 Å². The highest BCUT2D eigenvalue weighted by molar-refractivity contribution is 7.87. The molecule has 0 unspecified atom stereocenters. The summed E-state index contributed by atoms with van der Waals surface area (Å²) in [5.74, 6) is 0.187. The Labute approximate surface area is 109 Å². The fraction of sp³-hybridized carbons (Fsp3) is 0.900. The molecule has 0 atom stereocenters. The van der Waals surface area contributed by atoms with Crippen LogP contribution in [0.25, 0.3) is 0 Å². The lowest BCUT2D eigenvalue weighted by atomic mass is 10.2. The molecule has 0 saturated carbocycles. The molecule has 8 heteroatoms. The van der Waals surface area contributed by atoms with Crippen LogP contribution < -0.4 is 10.5 Å². The molecule has 0 saturated heterocycles. The number of rotatable bonds is 10. The van der Waals surface area contributed by atoms with Crippen molar-refractivity contribution >= 4 is 16.0 Å². The second-order valence-electron chi connectivity index (χ2n) is 4.42. The first-order chi connectivity index (χ1) is 8.29. The number of amidine groups is 1. The molecule has 0 radical (unpaired) electrons. The number of nitrogens with one attached hydrogen (secondary N) is 2. The average Bonchev–Trinajstić information content (AvgIpc) is 2.23. The van der Waals surface area contributed by atoms with Crippen molar-refractivity contribution in [3.63, 3.8) is 0 Å². The van der Waals surface area contributed by atoms with E-state index in [0.717, 1.165) is 0 Å². The van der Waals surface area contributed by atoms with Crippen molar-refractivity contribution < 1.29 is 13.2 Å². The molecule has 0 rings (SSSR count). The summed E-state index contributed by atoms with van der Waals surface area (Å²) in [5, 5.41) is 7.16. The Kier molecular flexibility index (Phi) is 8.08. The number of ether oxygens (including phenoxy) is 1. The Bertz CT molecular complexity index is 343. The van der Waals surface area contributed by atoms with Gasteiger partial charge in [-0.05, 0) is 5.92 Å². The standard InChI is InChI=1S/C10H24N4O3S/c1-9(2)8-14(6-4-10(11)12)18(15,16)13-5-7-17-3/h9,13H,4-8H2,1-3H3,(H3,11,12). The largest absolute Gasteiger partial charge is 0.388 e. The van der Waals surface area contributed by atoms with Gasteiger partial charge in [0.2, 0.25) is 0 Å². The summed E-state index contributed by atoms with van der Waals surface area (Å²) in [6.07, 6.45) is 0.234. The van der Waals surface area contributed by atoms with Gasteiger partial charge in [-0.1, -0.05) is 13.8 Å². The molecule has 0 aromatic heterocycles. The lowest BCUT2D eigenvalue weighted by Gasteiger charge is -2.23. The van der Waals surface area contributed by atoms with E-state index in [4.69, 9.17) is 15.9 Å². The van der Waals surface area contributed by atoms with Gasteiger partial charge in [-0.3, -0.25) is 5.41 Å². The maximum Gasteiger partial charge on any atom is 0.279 e.